The highest BCUT2D eigenvalue weighted by Gasteiger charge is 2.45. The summed E-state index contributed by atoms with van der Waals surface area (Å²) < 4.78 is 4.73. The predicted octanol–water partition coefficient (Wildman–Crippen LogP) is 3.53. The summed E-state index contributed by atoms with van der Waals surface area (Å²) in [5, 5.41) is 0. The number of aryl methyl sites for hydroxylation is 2. The summed E-state index contributed by atoms with van der Waals surface area (Å²) in [4.78, 5) is 15.3. The fourth-order valence-electron chi connectivity index (χ4n) is 3.84. The largest absolute Gasteiger partial charge is 0.468 e. The van der Waals surface area contributed by atoms with E-state index in [1.807, 2.05) is 0 Å². The number of fused-ring (bicyclic) bond motifs is 1. The Morgan fingerprint density at radius 2 is 2.09 bits per heavy atom. The van der Waals surface area contributed by atoms with E-state index in [1.165, 1.54) is 56.2 Å². The number of carbonyl (C=O) groups is 1. The van der Waals surface area contributed by atoms with Crippen molar-refractivity contribution in [2.24, 2.45) is 0 Å². The molecule has 2 aliphatic rings. The van der Waals surface area contributed by atoms with E-state index < -0.39 is 4.75 Å². The van der Waals surface area contributed by atoms with Crippen molar-refractivity contribution in [3.05, 3.63) is 34.9 Å². The first kappa shape index (κ1) is 16.8. The number of rotatable bonds is 4. The van der Waals surface area contributed by atoms with Crippen LogP contribution in [-0.4, -0.2) is 43.4 Å². The van der Waals surface area contributed by atoms with Gasteiger partial charge in [-0.2, -0.15) is 0 Å². The van der Waals surface area contributed by atoms with Crippen molar-refractivity contribution >= 4 is 17.7 Å². The normalized spacial score (nSPS) is 25.0. The second kappa shape index (κ2) is 7.27. The molecule has 3 rings (SSSR count). The lowest BCUT2D eigenvalue weighted by Crippen LogP contribution is -2.42. The van der Waals surface area contributed by atoms with Gasteiger partial charge in [0.25, 0.3) is 0 Å². The molecule has 1 fully saturated rings. The Kier molecular flexibility index (Phi) is 5.32. The van der Waals surface area contributed by atoms with Crippen LogP contribution in [0.25, 0.3) is 0 Å². The highest BCUT2D eigenvalue weighted by atomic mass is 32.2. The van der Waals surface area contributed by atoms with Crippen molar-refractivity contribution in [2.45, 2.75) is 43.8 Å². The zero-order valence-electron chi connectivity index (χ0n) is 14.3. The van der Waals surface area contributed by atoms with Gasteiger partial charge < -0.3 is 9.64 Å². The number of nitrogens with zero attached hydrogens (tertiary/aromatic N) is 1. The average molecular weight is 333 g/mol. The molecule has 0 saturated carbocycles. The van der Waals surface area contributed by atoms with E-state index >= 15 is 0 Å². The maximum Gasteiger partial charge on any atom is 0.326 e. The molecular weight excluding hydrogens is 306 g/mol. The number of piperidine rings is 1. The van der Waals surface area contributed by atoms with Crippen molar-refractivity contribution in [1.29, 1.82) is 0 Å². The lowest BCUT2D eigenvalue weighted by molar-refractivity contribution is -0.144. The zero-order chi connectivity index (χ0) is 16.3. The molecule has 0 radical (unpaired) electrons. The van der Waals surface area contributed by atoms with Crippen molar-refractivity contribution in [3.8, 4) is 0 Å². The van der Waals surface area contributed by atoms with Crippen LogP contribution in [0.5, 0.6) is 0 Å². The first-order valence-electron chi connectivity index (χ1n) is 8.70. The molecule has 0 bridgehead atoms. The van der Waals surface area contributed by atoms with Crippen LogP contribution in [0, 0.1) is 6.92 Å². The van der Waals surface area contributed by atoms with Gasteiger partial charge in [0.2, 0.25) is 0 Å². The van der Waals surface area contributed by atoms with E-state index in [0.29, 0.717) is 0 Å². The van der Waals surface area contributed by atoms with Gasteiger partial charge in [-0.3, -0.25) is 4.79 Å². The number of carbonyl (C=O) groups excluding carboxylic acids is 1. The molecule has 0 aliphatic carbocycles. The van der Waals surface area contributed by atoms with E-state index in [9.17, 15) is 4.79 Å². The minimum atomic E-state index is -0.522. The number of thioether (sulfide) groups is 1. The van der Waals surface area contributed by atoms with Gasteiger partial charge in [0.15, 0.2) is 0 Å². The molecule has 0 N–H and O–H groups in total. The highest BCUT2D eigenvalue weighted by Crippen LogP contribution is 2.46. The van der Waals surface area contributed by atoms with Gasteiger partial charge in [0, 0.05) is 6.54 Å². The fourth-order valence-corrected chi connectivity index (χ4v) is 5.29. The van der Waals surface area contributed by atoms with E-state index in [4.69, 9.17) is 4.74 Å². The third-order valence-electron chi connectivity index (χ3n) is 5.16. The number of ether oxygens (including phenoxy) is 1. The number of methoxy groups -OCH3 is 1. The number of hydrogen-bond acceptors (Lipinski definition) is 4. The van der Waals surface area contributed by atoms with Crippen LogP contribution in [0.4, 0.5) is 0 Å². The molecule has 0 amide bonds. The summed E-state index contributed by atoms with van der Waals surface area (Å²) in [5.41, 5.74) is 3.73. The smallest absolute Gasteiger partial charge is 0.326 e. The standard InChI is InChI=1S/C19H27NO2S/c1-15-6-7-16-8-13-23-19(17(16)14-15,18(21)22-2)9-12-20-10-4-3-5-11-20/h6-7,14H,3-5,8-13H2,1-2H3. The maximum atomic E-state index is 12.8. The first-order valence-corrected chi connectivity index (χ1v) is 9.69. The van der Waals surface area contributed by atoms with Crippen LogP contribution in [0.15, 0.2) is 18.2 Å². The van der Waals surface area contributed by atoms with Crippen LogP contribution < -0.4 is 0 Å². The van der Waals surface area contributed by atoms with Crippen LogP contribution in [-0.2, 0) is 20.7 Å². The predicted molar refractivity (Wildman–Crippen MR) is 95.9 cm³/mol. The van der Waals surface area contributed by atoms with Crippen molar-refractivity contribution in [2.75, 3.05) is 32.5 Å². The van der Waals surface area contributed by atoms with Gasteiger partial charge in [0.05, 0.1) is 7.11 Å². The Labute approximate surface area is 143 Å². The lowest BCUT2D eigenvalue weighted by Gasteiger charge is -2.38. The average Bonchev–Trinajstić information content (AvgIpc) is 2.60. The van der Waals surface area contributed by atoms with Crippen molar-refractivity contribution in [1.82, 2.24) is 4.90 Å². The third-order valence-corrected chi connectivity index (χ3v) is 6.66. The summed E-state index contributed by atoms with van der Waals surface area (Å²) >= 11 is 1.78. The second-order valence-corrected chi connectivity index (χ2v) is 8.12. The molecule has 3 nitrogen and oxygen atoms in total. The molecule has 4 heteroatoms. The summed E-state index contributed by atoms with van der Waals surface area (Å²) in [5.74, 6) is 0.914. The van der Waals surface area contributed by atoms with Crippen molar-refractivity contribution in [3.63, 3.8) is 0 Å². The summed E-state index contributed by atoms with van der Waals surface area (Å²) in [7, 11) is 1.52. The van der Waals surface area contributed by atoms with Crippen LogP contribution in [0.1, 0.15) is 42.4 Å². The maximum absolute atomic E-state index is 12.8. The van der Waals surface area contributed by atoms with Crippen LogP contribution >= 0.6 is 11.8 Å². The van der Waals surface area contributed by atoms with Gasteiger partial charge in [0.1, 0.15) is 4.75 Å². The van der Waals surface area contributed by atoms with Gasteiger partial charge in [-0.25, -0.2) is 0 Å². The molecule has 23 heavy (non-hydrogen) atoms. The van der Waals surface area contributed by atoms with E-state index in [-0.39, 0.29) is 5.97 Å². The zero-order valence-corrected chi connectivity index (χ0v) is 15.1. The molecule has 1 unspecified atom stereocenters. The van der Waals surface area contributed by atoms with Crippen LogP contribution in [0.3, 0.4) is 0 Å². The van der Waals surface area contributed by atoms with Gasteiger partial charge in [-0.15, -0.1) is 11.8 Å². The number of benzene rings is 1. The Morgan fingerprint density at radius 1 is 1.30 bits per heavy atom. The molecule has 126 valence electrons. The molecular formula is C19H27NO2S. The first-order chi connectivity index (χ1) is 11.2. The Hall–Kier alpha value is -1.00. The Bertz CT molecular complexity index is 568. The summed E-state index contributed by atoms with van der Waals surface area (Å²) in [6.45, 7) is 5.42. The third kappa shape index (κ3) is 3.43. The molecule has 2 aliphatic heterocycles. The monoisotopic (exact) mass is 333 g/mol. The molecule has 0 aromatic heterocycles. The van der Waals surface area contributed by atoms with Gasteiger partial charge in [-0.05, 0) is 62.6 Å². The fraction of sp³-hybridized carbons (Fsp3) is 0.632. The summed E-state index contributed by atoms with van der Waals surface area (Å²) in [6, 6.07) is 6.55. The highest BCUT2D eigenvalue weighted by molar-refractivity contribution is 8.01. The van der Waals surface area contributed by atoms with Gasteiger partial charge >= 0.3 is 5.97 Å². The topological polar surface area (TPSA) is 29.5 Å². The Morgan fingerprint density at radius 3 is 2.83 bits per heavy atom. The van der Waals surface area contributed by atoms with Crippen LogP contribution in [0.2, 0.25) is 0 Å². The van der Waals surface area contributed by atoms with E-state index in [0.717, 1.165) is 25.1 Å². The number of esters is 1. The number of likely N-dealkylation sites (tertiary alicyclic amines) is 1. The Balaban J connectivity index is 1.88. The number of hydrogen-bond donors (Lipinski definition) is 0. The minimum Gasteiger partial charge on any atom is -0.468 e. The molecule has 1 aromatic carbocycles. The molecule has 2 heterocycles. The lowest BCUT2D eigenvalue weighted by atomic mass is 9.87. The van der Waals surface area contributed by atoms with E-state index in [1.54, 1.807) is 11.8 Å². The second-order valence-electron chi connectivity index (χ2n) is 6.73. The quantitative estimate of drug-likeness (QED) is 0.789. The molecule has 1 saturated heterocycles. The van der Waals surface area contributed by atoms with Gasteiger partial charge in [-0.1, -0.05) is 30.2 Å². The molecule has 0 spiro atoms. The molecule has 1 aromatic rings. The van der Waals surface area contributed by atoms with E-state index in [2.05, 4.69) is 30.0 Å². The molecule has 1 atom stereocenters. The minimum absolute atomic E-state index is 0.0777. The summed E-state index contributed by atoms with van der Waals surface area (Å²) in [6.07, 6.45) is 5.81. The SMILES string of the molecule is COC(=O)C1(CCN2CCCCC2)SCCc2ccc(C)cc21. The van der Waals surface area contributed by atoms with Crippen molar-refractivity contribution < 1.29 is 9.53 Å².